The second kappa shape index (κ2) is 8.82. The molecule has 6 nitrogen and oxygen atoms in total. The Hall–Kier alpha value is -1.61. The summed E-state index contributed by atoms with van der Waals surface area (Å²) in [6.07, 6.45) is -0.726. The fraction of sp³-hybridized carbons (Fsp3) is 0.316. The third-order valence-electron chi connectivity index (χ3n) is 4.48. The Balaban J connectivity index is 1.60. The Kier molecular flexibility index (Phi) is 6.65. The van der Waals surface area contributed by atoms with Crippen LogP contribution in [0.4, 0.5) is 0 Å². The fourth-order valence-electron chi connectivity index (χ4n) is 2.96. The van der Waals surface area contributed by atoms with Crippen LogP contribution in [0.2, 0.25) is 5.02 Å². The van der Waals surface area contributed by atoms with Gasteiger partial charge in [-0.1, -0.05) is 45.7 Å². The second-order valence-electron chi connectivity index (χ2n) is 6.38. The molecule has 0 bridgehead atoms. The molecule has 1 aliphatic heterocycles. The van der Waals surface area contributed by atoms with Crippen LogP contribution >= 0.6 is 27.5 Å². The van der Waals surface area contributed by atoms with Crippen LogP contribution in [0.25, 0.3) is 0 Å². The zero-order chi connectivity index (χ0) is 20.3. The lowest BCUT2D eigenvalue weighted by Gasteiger charge is -2.35. The van der Waals surface area contributed by atoms with Gasteiger partial charge in [-0.15, -0.1) is 0 Å². The van der Waals surface area contributed by atoms with Crippen LogP contribution in [-0.2, 0) is 14.8 Å². The first-order valence-corrected chi connectivity index (χ1v) is 11.4. The third kappa shape index (κ3) is 4.68. The summed E-state index contributed by atoms with van der Waals surface area (Å²) in [4.78, 5) is 14.6. The van der Waals surface area contributed by atoms with Gasteiger partial charge in [0.25, 0.3) is 5.91 Å². The molecule has 28 heavy (non-hydrogen) atoms. The number of carbonyl (C=O) groups is 1. The first-order valence-electron chi connectivity index (χ1n) is 8.75. The highest BCUT2D eigenvalue weighted by molar-refractivity contribution is 9.10. The van der Waals surface area contributed by atoms with Gasteiger partial charge in [0.05, 0.1) is 9.92 Å². The molecular formula is C19H20BrClN2O4S. The number of ether oxygens (including phenoxy) is 1. The van der Waals surface area contributed by atoms with Gasteiger partial charge in [-0.05, 0) is 37.3 Å². The molecule has 0 N–H and O–H groups in total. The number of carbonyl (C=O) groups excluding carboxylic acids is 1. The molecule has 1 amide bonds. The molecular weight excluding hydrogens is 468 g/mol. The van der Waals surface area contributed by atoms with Crippen molar-refractivity contribution in [2.75, 3.05) is 26.2 Å². The maximum Gasteiger partial charge on any atom is 0.263 e. The highest BCUT2D eigenvalue weighted by Gasteiger charge is 2.32. The number of rotatable bonds is 5. The summed E-state index contributed by atoms with van der Waals surface area (Å²) in [7, 11) is -3.55. The molecule has 0 saturated carbocycles. The van der Waals surface area contributed by atoms with Crippen molar-refractivity contribution >= 4 is 43.5 Å². The van der Waals surface area contributed by atoms with Crippen molar-refractivity contribution in [1.29, 1.82) is 0 Å². The fourth-order valence-corrected chi connectivity index (χ4v) is 5.12. The number of hydrogen-bond acceptors (Lipinski definition) is 4. The van der Waals surface area contributed by atoms with E-state index in [-0.39, 0.29) is 23.9 Å². The minimum atomic E-state index is -3.55. The maximum absolute atomic E-state index is 12.7. The van der Waals surface area contributed by atoms with E-state index >= 15 is 0 Å². The first-order chi connectivity index (χ1) is 13.3. The summed E-state index contributed by atoms with van der Waals surface area (Å²) >= 11 is 9.46. The second-order valence-corrected chi connectivity index (χ2v) is 9.64. The largest absolute Gasteiger partial charge is 0.479 e. The number of hydrogen-bond donors (Lipinski definition) is 0. The van der Waals surface area contributed by atoms with Crippen molar-refractivity contribution in [1.82, 2.24) is 9.21 Å². The topological polar surface area (TPSA) is 66.9 Å². The van der Waals surface area contributed by atoms with Crippen LogP contribution in [0.3, 0.4) is 0 Å². The van der Waals surface area contributed by atoms with Gasteiger partial charge in [-0.25, -0.2) is 8.42 Å². The van der Waals surface area contributed by atoms with Gasteiger partial charge in [0, 0.05) is 30.7 Å². The molecule has 0 radical (unpaired) electrons. The standard InChI is InChI=1S/C19H20BrClN2O4S/c1-14(27-18-8-7-15(20)13-17(18)21)19(24)22-9-11-23(12-10-22)28(25,26)16-5-3-2-4-6-16/h2-8,13-14H,9-12H2,1H3. The molecule has 1 aliphatic rings. The monoisotopic (exact) mass is 486 g/mol. The van der Waals surface area contributed by atoms with Gasteiger partial charge in [-0.3, -0.25) is 4.79 Å². The van der Waals surface area contributed by atoms with Crippen molar-refractivity contribution in [3.05, 3.63) is 58.0 Å². The summed E-state index contributed by atoms with van der Waals surface area (Å²) < 4.78 is 33.3. The summed E-state index contributed by atoms with van der Waals surface area (Å²) in [6, 6.07) is 13.5. The smallest absolute Gasteiger partial charge is 0.263 e. The van der Waals surface area contributed by atoms with Crippen LogP contribution < -0.4 is 4.74 Å². The van der Waals surface area contributed by atoms with Crippen molar-refractivity contribution in [2.45, 2.75) is 17.9 Å². The lowest BCUT2D eigenvalue weighted by molar-refractivity contribution is -0.139. The summed E-state index contributed by atoms with van der Waals surface area (Å²) in [6.45, 7) is 2.77. The van der Waals surface area contributed by atoms with Gasteiger partial charge in [-0.2, -0.15) is 4.31 Å². The summed E-state index contributed by atoms with van der Waals surface area (Å²) in [5, 5.41) is 0.410. The van der Waals surface area contributed by atoms with Crippen LogP contribution in [0.5, 0.6) is 5.75 Å². The van der Waals surface area contributed by atoms with Gasteiger partial charge >= 0.3 is 0 Å². The van der Waals surface area contributed by atoms with Gasteiger partial charge in [0.2, 0.25) is 10.0 Å². The Morgan fingerprint density at radius 3 is 2.36 bits per heavy atom. The zero-order valence-electron chi connectivity index (χ0n) is 15.2. The van der Waals surface area contributed by atoms with E-state index in [1.807, 2.05) is 0 Å². The Labute approximate surface area is 178 Å². The van der Waals surface area contributed by atoms with Gasteiger partial charge in [0.1, 0.15) is 5.75 Å². The van der Waals surface area contributed by atoms with E-state index in [2.05, 4.69) is 15.9 Å². The molecule has 2 aromatic rings. The number of amides is 1. The van der Waals surface area contributed by atoms with Crippen molar-refractivity contribution in [3.63, 3.8) is 0 Å². The quantitative estimate of drug-likeness (QED) is 0.648. The van der Waals surface area contributed by atoms with Crippen molar-refractivity contribution in [3.8, 4) is 5.75 Å². The average molecular weight is 488 g/mol. The maximum atomic E-state index is 12.7. The molecule has 3 rings (SSSR count). The molecule has 0 aliphatic carbocycles. The van der Waals surface area contributed by atoms with Crippen LogP contribution in [0, 0.1) is 0 Å². The molecule has 9 heteroatoms. The minimum Gasteiger partial charge on any atom is -0.479 e. The molecule has 2 aromatic carbocycles. The SMILES string of the molecule is CC(Oc1ccc(Br)cc1Cl)C(=O)N1CCN(S(=O)(=O)c2ccccc2)CC1. The number of benzene rings is 2. The molecule has 150 valence electrons. The molecule has 1 fully saturated rings. The first kappa shape index (κ1) is 21.1. The summed E-state index contributed by atoms with van der Waals surface area (Å²) in [5.74, 6) is 0.228. The van der Waals surface area contributed by atoms with E-state index in [1.54, 1.807) is 60.4 Å². The van der Waals surface area contributed by atoms with Crippen molar-refractivity contribution < 1.29 is 17.9 Å². The van der Waals surface area contributed by atoms with E-state index in [4.69, 9.17) is 16.3 Å². The molecule has 0 spiro atoms. The van der Waals surface area contributed by atoms with Gasteiger partial charge in [0.15, 0.2) is 6.10 Å². The minimum absolute atomic E-state index is 0.198. The van der Waals surface area contributed by atoms with E-state index in [9.17, 15) is 13.2 Å². The predicted molar refractivity (Wildman–Crippen MR) is 111 cm³/mol. The number of halogens is 2. The van der Waals surface area contributed by atoms with E-state index < -0.39 is 16.1 Å². The van der Waals surface area contributed by atoms with E-state index in [0.29, 0.717) is 23.9 Å². The zero-order valence-corrected chi connectivity index (χ0v) is 18.4. The predicted octanol–water partition coefficient (Wildman–Crippen LogP) is 3.40. The van der Waals surface area contributed by atoms with Crippen molar-refractivity contribution in [2.24, 2.45) is 0 Å². The third-order valence-corrected chi connectivity index (χ3v) is 7.18. The van der Waals surface area contributed by atoms with Crippen LogP contribution in [0.1, 0.15) is 6.92 Å². The lowest BCUT2D eigenvalue weighted by atomic mass is 10.2. The number of nitrogens with zero attached hydrogens (tertiary/aromatic N) is 2. The molecule has 0 aromatic heterocycles. The Bertz CT molecular complexity index is 948. The highest BCUT2D eigenvalue weighted by atomic mass is 79.9. The number of piperazine rings is 1. The molecule has 1 heterocycles. The number of sulfonamides is 1. The van der Waals surface area contributed by atoms with E-state index in [1.165, 1.54) is 4.31 Å². The molecule has 1 unspecified atom stereocenters. The molecule has 1 atom stereocenters. The normalized spacial score (nSPS) is 16.6. The van der Waals surface area contributed by atoms with Crippen LogP contribution in [-0.4, -0.2) is 55.8 Å². The Morgan fingerprint density at radius 1 is 1.11 bits per heavy atom. The molecule has 1 saturated heterocycles. The highest BCUT2D eigenvalue weighted by Crippen LogP contribution is 2.29. The summed E-state index contributed by atoms with van der Waals surface area (Å²) in [5.41, 5.74) is 0. The van der Waals surface area contributed by atoms with Crippen LogP contribution in [0.15, 0.2) is 57.9 Å². The lowest BCUT2D eigenvalue weighted by Crippen LogP contribution is -2.53. The Morgan fingerprint density at radius 2 is 1.75 bits per heavy atom. The van der Waals surface area contributed by atoms with Gasteiger partial charge < -0.3 is 9.64 Å². The van der Waals surface area contributed by atoms with E-state index in [0.717, 1.165) is 4.47 Å². The average Bonchev–Trinajstić information content (AvgIpc) is 2.70.